The summed E-state index contributed by atoms with van der Waals surface area (Å²) in [5.41, 5.74) is 0.898. The molecule has 2 atom stereocenters. The van der Waals surface area contributed by atoms with E-state index in [-0.39, 0.29) is 0 Å². The highest BCUT2D eigenvalue weighted by atomic mass is 79.9. The second-order valence-electron chi connectivity index (χ2n) is 4.61. The maximum atomic E-state index is 4.47. The Hall–Kier alpha value is -1.10. The first-order valence-electron chi connectivity index (χ1n) is 6.03. The van der Waals surface area contributed by atoms with E-state index < -0.39 is 0 Å². The van der Waals surface area contributed by atoms with Crippen LogP contribution in [0.1, 0.15) is 26.2 Å². The Kier molecular flexibility index (Phi) is 2.78. The van der Waals surface area contributed by atoms with Crippen molar-refractivity contribution in [3.63, 3.8) is 0 Å². The minimum Gasteiger partial charge on any atom is -0.364 e. The molecule has 0 aromatic carbocycles. The van der Waals surface area contributed by atoms with Crippen LogP contribution in [0.25, 0.3) is 5.65 Å². The van der Waals surface area contributed by atoms with Gasteiger partial charge in [0.2, 0.25) is 0 Å². The molecule has 4 nitrogen and oxygen atoms in total. The molecule has 0 amide bonds. The molecule has 1 aliphatic rings. The van der Waals surface area contributed by atoms with Crippen molar-refractivity contribution in [2.75, 3.05) is 5.32 Å². The summed E-state index contributed by atoms with van der Waals surface area (Å²) >= 11 is 3.42. The van der Waals surface area contributed by atoms with Gasteiger partial charge in [-0.15, -0.1) is 0 Å². The van der Waals surface area contributed by atoms with Gasteiger partial charge in [-0.05, 0) is 34.7 Å². The van der Waals surface area contributed by atoms with Crippen LogP contribution in [0.4, 0.5) is 5.82 Å². The SMILES string of the molecule is CCCC1CC1Nc1nc(Br)cn2ccnc12. The molecule has 0 bridgehead atoms. The average molecular weight is 295 g/mol. The monoisotopic (exact) mass is 294 g/mol. The van der Waals surface area contributed by atoms with E-state index in [0.717, 1.165) is 22.0 Å². The van der Waals surface area contributed by atoms with Gasteiger partial charge in [-0.25, -0.2) is 9.97 Å². The molecule has 0 saturated heterocycles. The topological polar surface area (TPSA) is 42.2 Å². The van der Waals surface area contributed by atoms with E-state index in [0.29, 0.717) is 6.04 Å². The van der Waals surface area contributed by atoms with Crippen LogP contribution < -0.4 is 5.32 Å². The number of halogens is 1. The van der Waals surface area contributed by atoms with Crippen molar-refractivity contribution in [1.29, 1.82) is 0 Å². The van der Waals surface area contributed by atoms with Crippen molar-refractivity contribution >= 4 is 27.4 Å². The van der Waals surface area contributed by atoms with Crippen LogP contribution in [0.5, 0.6) is 0 Å². The second-order valence-corrected chi connectivity index (χ2v) is 5.42. The molecule has 2 heterocycles. The van der Waals surface area contributed by atoms with E-state index in [2.05, 4.69) is 38.1 Å². The number of fused-ring (bicyclic) bond motifs is 1. The number of anilines is 1. The molecule has 1 fully saturated rings. The molecule has 17 heavy (non-hydrogen) atoms. The smallest absolute Gasteiger partial charge is 0.180 e. The lowest BCUT2D eigenvalue weighted by molar-refractivity contribution is 0.692. The van der Waals surface area contributed by atoms with Crippen molar-refractivity contribution < 1.29 is 0 Å². The van der Waals surface area contributed by atoms with Gasteiger partial charge in [-0.2, -0.15) is 0 Å². The van der Waals surface area contributed by atoms with Gasteiger partial charge in [0.25, 0.3) is 0 Å². The van der Waals surface area contributed by atoms with Crippen molar-refractivity contribution in [1.82, 2.24) is 14.4 Å². The summed E-state index contributed by atoms with van der Waals surface area (Å²) in [5, 5.41) is 3.50. The van der Waals surface area contributed by atoms with E-state index in [1.807, 2.05) is 16.8 Å². The van der Waals surface area contributed by atoms with Gasteiger partial charge < -0.3 is 9.72 Å². The fourth-order valence-electron chi connectivity index (χ4n) is 2.29. The van der Waals surface area contributed by atoms with Crippen LogP contribution in [0.15, 0.2) is 23.2 Å². The van der Waals surface area contributed by atoms with Gasteiger partial charge in [0, 0.05) is 24.6 Å². The predicted molar refractivity (Wildman–Crippen MR) is 71.1 cm³/mol. The van der Waals surface area contributed by atoms with Crippen LogP contribution in [-0.2, 0) is 0 Å². The van der Waals surface area contributed by atoms with E-state index >= 15 is 0 Å². The van der Waals surface area contributed by atoms with Crippen LogP contribution in [-0.4, -0.2) is 20.4 Å². The molecular formula is C12H15BrN4. The maximum Gasteiger partial charge on any atom is 0.180 e. The van der Waals surface area contributed by atoms with Crippen molar-refractivity contribution in [3.05, 3.63) is 23.2 Å². The average Bonchev–Trinajstić information content (AvgIpc) is 2.85. The molecule has 0 radical (unpaired) electrons. The fourth-order valence-corrected chi connectivity index (χ4v) is 2.69. The van der Waals surface area contributed by atoms with E-state index in [1.165, 1.54) is 19.3 Å². The van der Waals surface area contributed by atoms with Gasteiger partial charge >= 0.3 is 0 Å². The molecule has 5 heteroatoms. The number of hydrogen-bond acceptors (Lipinski definition) is 3. The molecule has 2 unspecified atom stereocenters. The standard InChI is InChI=1S/C12H15BrN4/c1-2-3-8-6-9(8)15-11-12-14-4-5-17(12)7-10(13)16-11/h4-5,7-9H,2-3,6H2,1H3,(H,15,16). The molecule has 90 valence electrons. The Morgan fingerprint density at radius 1 is 1.59 bits per heavy atom. The number of imidazole rings is 1. The highest BCUT2D eigenvalue weighted by Crippen LogP contribution is 2.37. The summed E-state index contributed by atoms with van der Waals surface area (Å²) in [7, 11) is 0. The van der Waals surface area contributed by atoms with E-state index in [1.54, 1.807) is 6.20 Å². The maximum absolute atomic E-state index is 4.47. The number of rotatable bonds is 4. The Morgan fingerprint density at radius 2 is 2.47 bits per heavy atom. The Labute approximate surface area is 109 Å². The molecule has 2 aromatic rings. The van der Waals surface area contributed by atoms with Gasteiger partial charge in [0.1, 0.15) is 4.60 Å². The largest absolute Gasteiger partial charge is 0.364 e. The lowest BCUT2D eigenvalue weighted by Gasteiger charge is -2.07. The highest BCUT2D eigenvalue weighted by Gasteiger charge is 2.36. The quantitative estimate of drug-likeness (QED) is 0.942. The zero-order valence-corrected chi connectivity index (χ0v) is 11.3. The van der Waals surface area contributed by atoms with Gasteiger partial charge in [-0.1, -0.05) is 13.3 Å². The normalized spacial score (nSPS) is 22.9. The van der Waals surface area contributed by atoms with Gasteiger partial charge in [0.15, 0.2) is 11.5 Å². The summed E-state index contributed by atoms with van der Waals surface area (Å²) in [6.07, 6.45) is 9.47. The zero-order chi connectivity index (χ0) is 11.8. The molecule has 0 spiro atoms. The molecule has 0 aliphatic heterocycles. The Bertz CT molecular complexity index is 536. The van der Waals surface area contributed by atoms with Crippen LogP contribution in [0.3, 0.4) is 0 Å². The predicted octanol–water partition coefficient (Wildman–Crippen LogP) is 3.09. The molecule has 2 aromatic heterocycles. The summed E-state index contributed by atoms with van der Waals surface area (Å²) in [5.74, 6) is 1.70. The van der Waals surface area contributed by atoms with E-state index in [9.17, 15) is 0 Å². The molecule has 1 N–H and O–H groups in total. The highest BCUT2D eigenvalue weighted by molar-refractivity contribution is 9.10. The number of nitrogens with zero attached hydrogens (tertiary/aromatic N) is 3. The lowest BCUT2D eigenvalue weighted by Crippen LogP contribution is -2.08. The Morgan fingerprint density at radius 3 is 3.29 bits per heavy atom. The zero-order valence-electron chi connectivity index (χ0n) is 9.73. The first-order chi connectivity index (χ1) is 8.28. The van der Waals surface area contributed by atoms with Crippen molar-refractivity contribution in [2.24, 2.45) is 5.92 Å². The number of nitrogens with one attached hydrogen (secondary N) is 1. The summed E-state index contributed by atoms with van der Waals surface area (Å²) < 4.78 is 2.81. The second kappa shape index (κ2) is 4.29. The fraction of sp³-hybridized carbons (Fsp3) is 0.500. The molecule has 3 rings (SSSR count). The van der Waals surface area contributed by atoms with Crippen LogP contribution >= 0.6 is 15.9 Å². The van der Waals surface area contributed by atoms with Gasteiger partial charge in [0.05, 0.1) is 0 Å². The molecule has 1 saturated carbocycles. The minimum atomic E-state index is 0.581. The molecule has 1 aliphatic carbocycles. The third-order valence-electron chi connectivity index (χ3n) is 3.25. The number of hydrogen-bond donors (Lipinski definition) is 1. The Balaban J connectivity index is 1.83. The summed E-state index contributed by atoms with van der Waals surface area (Å²) in [6, 6.07) is 0.581. The third kappa shape index (κ3) is 2.16. The van der Waals surface area contributed by atoms with E-state index in [4.69, 9.17) is 0 Å². The first kappa shape index (κ1) is 11.0. The van der Waals surface area contributed by atoms with Crippen molar-refractivity contribution in [3.8, 4) is 0 Å². The number of aromatic nitrogens is 3. The third-order valence-corrected chi connectivity index (χ3v) is 3.63. The van der Waals surface area contributed by atoms with Gasteiger partial charge in [-0.3, -0.25) is 0 Å². The summed E-state index contributed by atoms with van der Waals surface area (Å²) in [6.45, 7) is 2.24. The summed E-state index contributed by atoms with van der Waals surface area (Å²) in [4.78, 5) is 8.80. The van der Waals surface area contributed by atoms with Crippen LogP contribution in [0, 0.1) is 5.92 Å². The first-order valence-corrected chi connectivity index (χ1v) is 6.83. The van der Waals surface area contributed by atoms with Crippen molar-refractivity contribution in [2.45, 2.75) is 32.2 Å². The minimum absolute atomic E-state index is 0.581. The van der Waals surface area contributed by atoms with Crippen LogP contribution in [0.2, 0.25) is 0 Å². The lowest BCUT2D eigenvalue weighted by atomic mass is 10.2. The molecular weight excluding hydrogens is 280 g/mol.